The lowest BCUT2D eigenvalue weighted by Crippen LogP contribution is -2.43. The zero-order chi connectivity index (χ0) is 15.4. The fourth-order valence-electron chi connectivity index (χ4n) is 2.14. The Morgan fingerprint density at radius 3 is 2.67 bits per heavy atom. The van der Waals surface area contributed by atoms with Gasteiger partial charge in [-0.25, -0.2) is 9.59 Å². The van der Waals surface area contributed by atoms with Crippen LogP contribution >= 0.6 is 11.3 Å². The van der Waals surface area contributed by atoms with Gasteiger partial charge in [-0.2, -0.15) is 0 Å². The van der Waals surface area contributed by atoms with Crippen LogP contribution in [0.25, 0.3) is 0 Å². The van der Waals surface area contributed by atoms with Gasteiger partial charge in [0.1, 0.15) is 4.88 Å². The zero-order valence-electron chi connectivity index (χ0n) is 12.0. The first-order chi connectivity index (χ1) is 10.0. The molecule has 1 aliphatic rings. The zero-order valence-corrected chi connectivity index (χ0v) is 12.8. The highest BCUT2D eigenvalue weighted by molar-refractivity contribution is 7.14. The van der Waals surface area contributed by atoms with Crippen LogP contribution in [0.1, 0.15) is 39.9 Å². The monoisotopic (exact) mass is 310 g/mol. The number of fused-ring (bicyclic) bond motifs is 1. The Hall–Kier alpha value is -1.89. The van der Waals surface area contributed by atoms with Crippen molar-refractivity contribution in [3.8, 4) is 0 Å². The summed E-state index contributed by atoms with van der Waals surface area (Å²) in [5.41, 5.74) is 1.21. The summed E-state index contributed by atoms with van der Waals surface area (Å²) in [6, 6.07) is 1.22. The van der Waals surface area contributed by atoms with Crippen LogP contribution in [-0.4, -0.2) is 31.1 Å². The molecule has 1 aromatic rings. The molecule has 0 radical (unpaired) electrons. The molecule has 2 rings (SSSR count). The lowest BCUT2D eigenvalue weighted by atomic mass is 9.99. The third-order valence-electron chi connectivity index (χ3n) is 3.31. The van der Waals surface area contributed by atoms with E-state index in [1.165, 1.54) is 35.7 Å². The molecular weight excluding hydrogens is 292 g/mol. The molecule has 0 bridgehead atoms. The summed E-state index contributed by atoms with van der Waals surface area (Å²) in [5, 5.41) is 4.33. The number of aryl methyl sites for hydroxylation is 2. The molecule has 6 nitrogen and oxygen atoms in total. The summed E-state index contributed by atoms with van der Waals surface area (Å²) in [6.07, 6.45) is 3.26. The lowest BCUT2D eigenvalue weighted by Gasteiger charge is -2.11. The standard InChI is InChI=1S/C14H18N2O4S/c1-8(12(17)16-14(19)15-2)20-13(18)11-7-9-5-3-4-6-10(9)21-11/h7-8H,3-6H2,1-2H3,(H2,15,16,17,19). The second-order valence-corrected chi connectivity index (χ2v) is 6.02. The van der Waals surface area contributed by atoms with Crippen molar-refractivity contribution < 1.29 is 19.1 Å². The van der Waals surface area contributed by atoms with Gasteiger partial charge < -0.3 is 10.1 Å². The van der Waals surface area contributed by atoms with Gasteiger partial charge in [0.2, 0.25) is 0 Å². The average molecular weight is 310 g/mol. The minimum absolute atomic E-state index is 0.515. The van der Waals surface area contributed by atoms with E-state index in [1.807, 2.05) is 6.07 Å². The smallest absolute Gasteiger partial charge is 0.349 e. The molecule has 0 fully saturated rings. The van der Waals surface area contributed by atoms with Crippen LogP contribution in [0, 0.1) is 0 Å². The van der Waals surface area contributed by atoms with Gasteiger partial charge in [0.05, 0.1) is 0 Å². The van der Waals surface area contributed by atoms with Crippen LogP contribution in [-0.2, 0) is 22.4 Å². The summed E-state index contributed by atoms with van der Waals surface area (Å²) < 4.78 is 5.10. The van der Waals surface area contributed by atoms with Crippen LogP contribution in [0.2, 0.25) is 0 Å². The molecular formula is C14H18N2O4S. The second-order valence-electron chi connectivity index (χ2n) is 4.88. The van der Waals surface area contributed by atoms with E-state index >= 15 is 0 Å². The summed E-state index contributed by atoms with van der Waals surface area (Å²) >= 11 is 1.43. The Kier molecular flexibility index (Phi) is 4.95. The van der Waals surface area contributed by atoms with Crippen molar-refractivity contribution in [1.82, 2.24) is 10.6 Å². The molecule has 0 aliphatic heterocycles. The second kappa shape index (κ2) is 6.71. The van der Waals surface area contributed by atoms with E-state index in [4.69, 9.17) is 4.74 Å². The molecule has 1 aliphatic carbocycles. The fourth-order valence-corrected chi connectivity index (χ4v) is 3.28. The summed E-state index contributed by atoms with van der Waals surface area (Å²) in [5.74, 6) is -1.17. The van der Waals surface area contributed by atoms with E-state index in [0.29, 0.717) is 4.88 Å². The Morgan fingerprint density at radius 1 is 1.29 bits per heavy atom. The largest absolute Gasteiger partial charge is 0.448 e. The fraction of sp³-hybridized carbons (Fsp3) is 0.500. The maximum Gasteiger partial charge on any atom is 0.349 e. The van der Waals surface area contributed by atoms with Crippen molar-refractivity contribution >= 4 is 29.2 Å². The number of carbonyl (C=O) groups excluding carboxylic acids is 3. The van der Waals surface area contributed by atoms with E-state index in [9.17, 15) is 14.4 Å². The summed E-state index contributed by atoms with van der Waals surface area (Å²) in [7, 11) is 1.40. The van der Waals surface area contributed by atoms with Gasteiger partial charge in [0.25, 0.3) is 5.91 Å². The van der Waals surface area contributed by atoms with Gasteiger partial charge in [-0.05, 0) is 44.2 Å². The highest BCUT2D eigenvalue weighted by Gasteiger charge is 2.23. The van der Waals surface area contributed by atoms with Crippen molar-refractivity contribution in [2.24, 2.45) is 0 Å². The molecule has 3 amide bonds. The number of nitrogens with one attached hydrogen (secondary N) is 2. The predicted octanol–water partition coefficient (Wildman–Crippen LogP) is 1.63. The van der Waals surface area contributed by atoms with Gasteiger partial charge in [-0.3, -0.25) is 10.1 Å². The van der Waals surface area contributed by atoms with E-state index < -0.39 is 24.0 Å². The quantitative estimate of drug-likeness (QED) is 0.831. The molecule has 114 valence electrons. The van der Waals surface area contributed by atoms with Gasteiger partial charge in [-0.1, -0.05) is 0 Å². The number of esters is 1. The van der Waals surface area contributed by atoms with Gasteiger partial charge >= 0.3 is 12.0 Å². The maximum absolute atomic E-state index is 12.0. The van der Waals surface area contributed by atoms with E-state index in [-0.39, 0.29) is 0 Å². The average Bonchev–Trinajstić information content (AvgIpc) is 2.90. The lowest BCUT2D eigenvalue weighted by molar-refractivity contribution is -0.127. The Balaban J connectivity index is 1.96. The first-order valence-electron chi connectivity index (χ1n) is 6.86. The van der Waals surface area contributed by atoms with E-state index in [1.54, 1.807) is 0 Å². The van der Waals surface area contributed by atoms with Gasteiger partial charge in [0.15, 0.2) is 6.10 Å². The molecule has 0 saturated carbocycles. The molecule has 1 aromatic heterocycles. The maximum atomic E-state index is 12.0. The van der Waals surface area contributed by atoms with Crippen molar-refractivity contribution in [3.05, 3.63) is 21.4 Å². The Labute approximate surface area is 126 Å². The Morgan fingerprint density at radius 2 is 2.00 bits per heavy atom. The number of thiophene rings is 1. The number of urea groups is 1. The third kappa shape index (κ3) is 3.81. The van der Waals surface area contributed by atoms with E-state index in [0.717, 1.165) is 25.7 Å². The van der Waals surface area contributed by atoms with Crippen LogP contribution < -0.4 is 10.6 Å². The number of rotatable bonds is 3. The topological polar surface area (TPSA) is 84.5 Å². The first kappa shape index (κ1) is 15.5. The molecule has 0 saturated heterocycles. The number of imide groups is 1. The predicted molar refractivity (Wildman–Crippen MR) is 78.4 cm³/mol. The minimum atomic E-state index is -1.02. The van der Waals surface area contributed by atoms with Crippen LogP contribution in [0.4, 0.5) is 4.79 Å². The number of hydrogen-bond acceptors (Lipinski definition) is 5. The SMILES string of the molecule is CNC(=O)NC(=O)C(C)OC(=O)c1cc2c(s1)CCCC2. The minimum Gasteiger partial charge on any atom is -0.448 e. The van der Waals surface area contributed by atoms with Crippen molar-refractivity contribution in [2.45, 2.75) is 38.7 Å². The third-order valence-corrected chi connectivity index (χ3v) is 4.53. The van der Waals surface area contributed by atoms with Crippen LogP contribution in [0.3, 0.4) is 0 Å². The van der Waals surface area contributed by atoms with E-state index in [2.05, 4.69) is 10.6 Å². The molecule has 0 spiro atoms. The van der Waals surface area contributed by atoms with Crippen LogP contribution in [0.5, 0.6) is 0 Å². The molecule has 1 unspecified atom stereocenters. The Bertz CT molecular complexity index is 544. The normalized spacial score (nSPS) is 14.8. The van der Waals surface area contributed by atoms with Gasteiger partial charge in [-0.15, -0.1) is 11.3 Å². The number of hydrogen-bond donors (Lipinski definition) is 2. The van der Waals surface area contributed by atoms with Crippen molar-refractivity contribution in [2.75, 3.05) is 7.05 Å². The highest BCUT2D eigenvalue weighted by Crippen LogP contribution is 2.30. The molecule has 1 atom stereocenters. The molecule has 0 aromatic carbocycles. The number of carbonyl (C=O) groups is 3. The van der Waals surface area contributed by atoms with Crippen LogP contribution in [0.15, 0.2) is 6.07 Å². The first-order valence-corrected chi connectivity index (χ1v) is 7.68. The highest BCUT2D eigenvalue weighted by atomic mass is 32.1. The molecule has 21 heavy (non-hydrogen) atoms. The molecule has 1 heterocycles. The number of amides is 3. The van der Waals surface area contributed by atoms with Crippen molar-refractivity contribution in [1.29, 1.82) is 0 Å². The van der Waals surface area contributed by atoms with Gasteiger partial charge in [0, 0.05) is 11.9 Å². The summed E-state index contributed by atoms with van der Waals surface area (Å²) in [6.45, 7) is 1.43. The molecule has 2 N–H and O–H groups in total. The number of ether oxygens (including phenoxy) is 1. The summed E-state index contributed by atoms with van der Waals surface area (Å²) in [4.78, 5) is 36.4. The molecule has 7 heteroatoms. The van der Waals surface area contributed by atoms with Crippen molar-refractivity contribution in [3.63, 3.8) is 0 Å².